The molecular formula is C16H19N3O5S. The molecule has 0 radical (unpaired) electrons. The average molecular weight is 365 g/mol. The largest absolute Gasteiger partial charge is 0.379 e. The van der Waals surface area contributed by atoms with Crippen molar-refractivity contribution in [1.82, 2.24) is 9.46 Å². The molecule has 0 atom stereocenters. The number of rotatable bonds is 4. The van der Waals surface area contributed by atoms with Crippen molar-refractivity contribution < 1.29 is 22.5 Å². The fourth-order valence-corrected chi connectivity index (χ4v) is 4.20. The number of benzene rings is 1. The number of hydrogen-bond acceptors (Lipinski definition) is 6. The standard InChI is InChI=1S/C16H19N3O5S/c1-11-3-4-13(17-16(20)14-9-12(2)18-24-14)10-15(11)25(21,22)19-5-7-23-8-6-19/h3-4,9-10H,5-8H2,1-2H3,(H,17,20). The Kier molecular flexibility index (Phi) is 4.89. The topological polar surface area (TPSA) is 102 Å². The maximum atomic E-state index is 12.8. The zero-order valence-corrected chi connectivity index (χ0v) is 14.8. The van der Waals surface area contributed by atoms with Crippen molar-refractivity contribution in [3.05, 3.63) is 41.3 Å². The highest BCUT2D eigenvalue weighted by Gasteiger charge is 2.28. The van der Waals surface area contributed by atoms with Crippen molar-refractivity contribution in [2.45, 2.75) is 18.7 Å². The highest BCUT2D eigenvalue weighted by molar-refractivity contribution is 7.89. The Morgan fingerprint density at radius 3 is 2.56 bits per heavy atom. The van der Waals surface area contributed by atoms with Crippen LogP contribution >= 0.6 is 0 Å². The van der Waals surface area contributed by atoms with Crippen LogP contribution in [-0.2, 0) is 14.8 Å². The second-order valence-electron chi connectivity index (χ2n) is 5.78. The smallest absolute Gasteiger partial charge is 0.294 e. The lowest BCUT2D eigenvalue weighted by Gasteiger charge is -2.26. The molecule has 0 saturated carbocycles. The molecule has 9 heteroatoms. The van der Waals surface area contributed by atoms with Gasteiger partial charge in [0.25, 0.3) is 5.91 Å². The van der Waals surface area contributed by atoms with Gasteiger partial charge < -0.3 is 14.6 Å². The Labute approximate surface area is 145 Å². The van der Waals surface area contributed by atoms with E-state index in [0.717, 1.165) is 0 Å². The van der Waals surface area contributed by atoms with E-state index in [0.29, 0.717) is 43.2 Å². The number of morpholine rings is 1. The number of aryl methyl sites for hydroxylation is 2. The third-order valence-corrected chi connectivity index (χ3v) is 5.93. The summed E-state index contributed by atoms with van der Waals surface area (Å²) in [6.45, 7) is 4.81. The molecular weight excluding hydrogens is 346 g/mol. The van der Waals surface area contributed by atoms with Crippen LogP contribution < -0.4 is 5.32 Å². The molecule has 1 fully saturated rings. The van der Waals surface area contributed by atoms with E-state index in [2.05, 4.69) is 10.5 Å². The monoisotopic (exact) mass is 365 g/mol. The predicted molar refractivity (Wildman–Crippen MR) is 90.0 cm³/mol. The van der Waals surface area contributed by atoms with Gasteiger partial charge in [-0.1, -0.05) is 11.2 Å². The number of carbonyl (C=O) groups excluding carboxylic acids is 1. The highest BCUT2D eigenvalue weighted by atomic mass is 32.2. The number of amides is 1. The molecule has 0 unspecified atom stereocenters. The zero-order valence-electron chi connectivity index (χ0n) is 14.0. The summed E-state index contributed by atoms with van der Waals surface area (Å²) in [5, 5.41) is 6.30. The second kappa shape index (κ2) is 6.95. The van der Waals surface area contributed by atoms with Crippen LogP contribution in [-0.4, -0.2) is 50.1 Å². The molecule has 134 valence electrons. The van der Waals surface area contributed by atoms with Gasteiger partial charge in [-0.3, -0.25) is 4.79 Å². The number of nitrogens with zero attached hydrogens (tertiary/aromatic N) is 2. The van der Waals surface area contributed by atoms with Gasteiger partial charge in [0.05, 0.1) is 23.8 Å². The van der Waals surface area contributed by atoms with Crippen molar-refractivity contribution in [3.8, 4) is 0 Å². The van der Waals surface area contributed by atoms with Gasteiger partial charge in [-0.2, -0.15) is 4.31 Å². The minimum atomic E-state index is -3.65. The van der Waals surface area contributed by atoms with E-state index in [9.17, 15) is 13.2 Å². The summed E-state index contributed by atoms with van der Waals surface area (Å²) in [7, 11) is -3.65. The van der Waals surface area contributed by atoms with Crippen molar-refractivity contribution in [1.29, 1.82) is 0 Å². The number of aromatic nitrogens is 1. The van der Waals surface area contributed by atoms with Gasteiger partial charge in [0.15, 0.2) is 0 Å². The van der Waals surface area contributed by atoms with Gasteiger partial charge in [0, 0.05) is 24.8 Å². The molecule has 25 heavy (non-hydrogen) atoms. The van der Waals surface area contributed by atoms with E-state index in [-0.39, 0.29) is 10.7 Å². The van der Waals surface area contributed by atoms with E-state index in [1.165, 1.54) is 16.4 Å². The van der Waals surface area contributed by atoms with Crippen LogP contribution in [0.25, 0.3) is 0 Å². The molecule has 1 aliphatic rings. The minimum absolute atomic E-state index is 0.0654. The summed E-state index contributed by atoms with van der Waals surface area (Å²) in [4.78, 5) is 12.3. The number of nitrogens with one attached hydrogen (secondary N) is 1. The van der Waals surface area contributed by atoms with Crippen LogP contribution in [0.3, 0.4) is 0 Å². The number of anilines is 1. The molecule has 1 aromatic carbocycles. The summed E-state index contributed by atoms with van der Waals surface area (Å²) in [5.74, 6) is -0.421. The quantitative estimate of drug-likeness (QED) is 0.882. The van der Waals surface area contributed by atoms with Crippen LogP contribution in [0.15, 0.2) is 33.7 Å². The van der Waals surface area contributed by atoms with Gasteiger partial charge in [0.1, 0.15) is 0 Å². The molecule has 0 bridgehead atoms. The van der Waals surface area contributed by atoms with E-state index in [1.807, 2.05) is 0 Å². The molecule has 2 aromatic rings. The van der Waals surface area contributed by atoms with E-state index >= 15 is 0 Å². The van der Waals surface area contributed by atoms with Gasteiger partial charge in [-0.25, -0.2) is 8.42 Å². The van der Waals surface area contributed by atoms with Gasteiger partial charge >= 0.3 is 0 Å². The van der Waals surface area contributed by atoms with Crippen molar-refractivity contribution in [2.75, 3.05) is 31.6 Å². The molecule has 1 amide bonds. The summed E-state index contributed by atoms with van der Waals surface area (Å²) < 4.78 is 37.2. The second-order valence-corrected chi connectivity index (χ2v) is 7.69. The van der Waals surface area contributed by atoms with Crippen molar-refractivity contribution in [2.24, 2.45) is 0 Å². The van der Waals surface area contributed by atoms with Crippen LogP contribution in [0.4, 0.5) is 5.69 Å². The van der Waals surface area contributed by atoms with Crippen molar-refractivity contribution >= 4 is 21.6 Å². The lowest BCUT2D eigenvalue weighted by atomic mass is 10.2. The molecule has 1 aromatic heterocycles. The fraction of sp³-hybridized carbons (Fsp3) is 0.375. The summed E-state index contributed by atoms with van der Waals surface area (Å²) >= 11 is 0. The fourth-order valence-electron chi connectivity index (χ4n) is 2.55. The first kappa shape index (κ1) is 17.6. The predicted octanol–water partition coefficient (Wildman–Crippen LogP) is 1.56. The van der Waals surface area contributed by atoms with E-state index in [4.69, 9.17) is 9.26 Å². The Morgan fingerprint density at radius 1 is 1.20 bits per heavy atom. The Hall–Kier alpha value is -2.23. The SMILES string of the molecule is Cc1cc(C(=O)Nc2ccc(C)c(S(=O)(=O)N3CCOCC3)c2)on1. The third-order valence-electron chi connectivity index (χ3n) is 3.89. The number of carbonyl (C=O) groups is 1. The first-order valence-corrected chi connectivity index (χ1v) is 9.25. The Bertz CT molecular complexity index is 885. The number of ether oxygens (including phenoxy) is 1. The summed E-state index contributed by atoms with van der Waals surface area (Å²) in [5.41, 5.74) is 1.57. The summed E-state index contributed by atoms with van der Waals surface area (Å²) in [6, 6.07) is 6.28. The van der Waals surface area contributed by atoms with Crippen LogP contribution in [0.2, 0.25) is 0 Å². The third kappa shape index (κ3) is 3.73. The zero-order chi connectivity index (χ0) is 18.0. The normalized spacial score (nSPS) is 15.9. The molecule has 0 spiro atoms. The first-order valence-electron chi connectivity index (χ1n) is 7.81. The molecule has 8 nitrogen and oxygen atoms in total. The van der Waals surface area contributed by atoms with E-state index in [1.54, 1.807) is 26.0 Å². The maximum absolute atomic E-state index is 12.8. The number of sulfonamides is 1. The molecule has 3 rings (SSSR count). The van der Waals surface area contributed by atoms with E-state index < -0.39 is 15.9 Å². The van der Waals surface area contributed by atoms with Gasteiger partial charge in [-0.15, -0.1) is 0 Å². The van der Waals surface area contributed by atoms with Crippen LogP contribution in [0, 0.1) is 13.8 Å². The minimum Gasteiger partial charge on any atom is -0.379 e. The molecule has 1 N–H and O–H groups in total. The molecule has 0 aliphatic carbocycles. The molecule has 1 saturated heterocycles. The highest BCUT2D eigenvalue weighted by Crippen LogP contribution is 2.24. The number of hydrogen-bond donors (Lipinski definition) is 1. The van der Waals surface area contributed by atoms with Crippen LogP contribution in [0.1, 0.15) is 21.8 Å². The lowest BCUT2D eigenvalue weighted by molar-refractivity contribution is 0.0730. The maximum Gasteiger partial charge on any atom is 0.294 e. The van der Waals surface area contributed by atoms with Crippen molar-refractivity contribution in [3.63, 3.8) is 0 Å². The Morgan fingerprint density at radius 2 is 1.92 bits per heavy atom. The Balaban J connectivity index is 1.86. The first-order chi connectivity index (χ1) is 11.9. The van der Waals surface area contributed by atoms with Crippen LogP contribution in [0.5, 0.6) is 0 Å². The van der Waals surface area contributed by atoms with Gasteiger partial charge in [0.2, 0.25) is 15.8 Å². The average Bonchev–Trinajstić information content (AvgIpc) is 3.04. The molecule has 1 aliphatic heterocycles. The molecule has 2 heterocycles. The van der Waals surface area contributed by atoms with Gasteiger partial charge in [-0.05, 0) is 31.5 Å². The summed E-state index contributed by atoms with van der Waals surface area (Å²) in [6.07, 6.45) is 0. The lowest BCUT2D eigenvalue weighted by Crippen LogP contribution is -2.40.